The van der Waals surface area contributed by atoms with Crippen LogP contribution in [0.4, 0.5) is 4.79 Å². The predicted octanol–water partition coefficient (Wildman–Crippen LogP) is 5.07. The van der Waals surface area contributed by atoms with Crippen molar-refractivity contribution >= 4 is 12.1 Å². The number of benzene rings is 1. The quantitative estimate of drug-likeness (QED) is 0.760. The molecule has 1 aromatic carbocycles. The van der Waals surface area contributed by atoms with Crippen molar-refractivity contribution in [2.75, 3.05) is 13.1 Å². The zero-order valence-corrected chi connectivity index (χ0v) is 17.9. The van der Waals surface area contributed by atoms with Gasteiger partial charge in [-0.3, -0.25) is 0 Å². The van der Waals surface area contributed by atoms with Crippen LogP contribution in [0.2, 0.25) is 0 Å². The summed E-state index contributed by atoms with van der Waals surface area (Å²) < 4.78 is 11.7. The third-order valence-corrected chi connectivity index (χ3v) is 5.80. The van der Waals surface area contributed by atoms with Gasteiger partial charge >= 0.3 is 12.1 Å². The Morgan fingerprint density at radius 1 is 1.10 bits per heavy atom. The molecule has 0 unspecified atom stereocenters. The van der Waals surface area contributed by atoms with E-state index in [9.17, 15) is 14.7 Å². The van der Waals surface area contributed by atoms with E-state index in [0.717, 1.165) is 49.3 Å². The van der Waals surface area contributed by atoms with Crippen LogP contribution in [0.3, 0.4) is 0 Å². The Balaban J connectivity index is 1.72. The van der Waals surface area contributed by atoms with Crippen LogP contribution in [0, 0.1) is 5.92 Å². The maximum absolute atomic E-state index is 12.3. The van der Waals surface area contributed by atoms with Gasteiger partial charge in [-0.2, -0.15) is 0 Å². The van der Waals surface area contributed by atoms with E-state index < -0.39 is 11.6 Å². The Labute approximate surface area is 173 Å². The monoisotopic (exact) mass is 403 g/mol. The highest BCUT2D eigenvalue weighted by molar-refractivity contribution is 5.88. The normalized spacial score (nSPS) is 25.0. The number of nitrogens with zero attached hydrogens (tertiary/aromatic N) is 1. The summed E-state index contributed by atoms with van der Waals surface area (Å²) in [5.41, 5.74) is 0.772. The van der Waals surface area contributed by atoms with Gasteiger partial charge in [-0.25, -0.2) is 9.59 Å². The highest BCUT2D eigenvalue weighted by Crippen LogP contribution is 2.40. The minimum atomic E-state index is -0.918. The summed E-state index contributed by atoms with van der Waals surface area (Å²) in [4.78, 5) is 25.5. The van der Waals surface area contributed by atoms with Crippen LogP contribution < -0.4 is 4.74 Å². The molecule has 160 valence electrons. The molecular weight excluding hydrogens is 370 g/mol. The molecule has 6 nitrogen and oxygen atoms in total. The average molecular weight is 404 g/mol. The number of likely N-dealkylation sites (tertiary alicyclic amines) is 1. The van der Waals surface area contributed by atoms with Gasteiger partial charge in [0.1, 0.15) is 17.5 Å². The standard InChI is InChI=1S/C23H33NO5/c1-15-5-7-16(8-6-15)19-13-17(21(25)26)9-10-20(19)28-18-11-12-24(14-18)22(27)29-23(2,3)4/h9-10,13,15-16,18H,5-8,11-12,14H2,1-4H3,(H,25,26)/t15?,16?,18-/m0/s1. The van der Waals surface area contributed by atoms with Crippen molar-refractivity contribution in [2.45, 2.75) is 77.4 Å². The third kappa shape index (κ3) is 5.64. The summed E-state index contributed by atoms with van der Waals surface area (Å²) in [7, 11) is 0. The Kier molecular flexibility index (Phi) is 6.39. The summed E-state index contributed by atoms with van der Waals surface area (Å²) >= 11 is 0. The van der Waals surface area contributed by atoms with E-state index >= 15 is 0 Å². The first-order valence-corrected chi connectivity index (χ1v) is 10.6. The molecule has 2 fully saturated rings. The lowest BCUT2D eigenvalue weighted by Gasteiger charge is -2.29. The summed E-state index contributed by atoms with van der Waals surface area (Å²) in [6.07, 6.45) is 4.71. The summed E-state index contributed by atoms with van der Waals surface area (Å²) in [5.74, 6) is 0.879. The molecule has 1 saturated heterocycles. The summed E-state index contributed by atoms with van der Waals surface area (Å²) in [6.45, 7) is 8.92. The number of carbonyl (C=O) groups excluding carboxylic acids is 1. The Bertz CT molecular complexity index is 746. The van der Waals surface area contributed by atoms with Crippen LogP contribution in [0.15, 0.2) is 18.2 Å². The van der Waals surface area contributed by atoms with Crippen LogP contribution in [0.1, 0.15) is 81.6 Å². The highest BCUT2D eigenvalue weighted by Gasteiger charge is 2.32. The van der Waals surface area contributed by atoms with Crippen molar-refractivity contribution in [2.24, 2.45) is 5.92 Å². The van der Waals surface area contributed by atoms with Gasteiger partial charge in [0.15, 0.2) is 0 Å². The largest absolute Gasteiger partial charge is 0.488 e. The number of hydrogen-bond acceptors (Lipinski definition) is 4. The molecule has 3 rings (SSSR count). The van der Waals surface area contributed by atoms with Crippen LogP contribution in [-0.4, -0.2) is 46.9 Å². The number of hydrogen-bond donors (Lipinski definition) is 1. The fourth-order valence-electron chi connectivity index (χ4n) is 4.18. The third-order valence-electron chi connectivity index (χ3n) is 5.80. The molecule has 1 aromatic rings. The van der Waals surface area contributed by atoms with E-state index in [1.165, 1.54) is 0 Å². The molecule has 1 heterocycles. The van der Waals surface area contributed by atoms with Gasteiger partial charge in [-0.15, -0.1) is 0 Å². The zero-order chi connectivity index (χ0) is 21.2. The molecular formula is C23H33NO5. The fraction of sp³-hybridized carbons (Fsp3) is 0.652. The maximum Gasteiger partial charge on any atom is 0.410 e. The molecule has 0 bridgehead atoms. The molecule has 0 radical (unpaired) electrons. The van der Waals surface area contributed by atoms with Crippen molar-refractivity contribution in [1.82, 2.24) is 4.90 Å². The first-order valence-electron chi connectivity index (χ1n) is 10.6. The number of carboxylic acid groups (broad SMARTS) is 1. The molecule has 1 aliphatic heterocycles. The van der Waals surface area contributed by atoms with Crippen LogP contribution in [0.5, 0.6) is 5.75 Å². The van der Waals surface area contributed by atoms with Gasteiger partial charge in [0.05, 0.1) is 12.1 Å². The first kappa shape index (κ1) is 21.5. The number of aromatic carboxylic acids is 1. The van der Waals surface area contributed by atoms with Gasteiger partial charge in [0, 0.05) is 13.0 Å². The van der Waals surface area contributed by atoms with Gasteiger partial charge in [0.2, 0.25) is 0 Å². The SMILES string of the molecule is CC1CCC(c2cc(C(=O)O)ccc2O[C@H]2CCN(C(=O)OC(C)(C)C)C2)CC1. The first-order chi connectivity index (χ1) is 13.6. The van der Waals surface area contributed by atoms with Crippen LogP contribution in [-0.2, 0) is 4.74 Å². The van der Waals surface area contributed by atoms with Crippen molar-refractivity contribution in [3.8, 4) is 5.75 Å². The van der Waals surface area contributed by atoms with Gasteiger partial charge in [-0.1, -0.05) is 19.8 Å². The molecule has 6 heteroatoms. The minimum absolute atomic E-state index is 0.112. The second-order valence-corrected chi connectivity index (χ2v) is 9.47. The minimum Gasteiger partial charge on any atom is -0.488 e. The van der Waals surface area contributed by atoms with Crippen LogP contribution >= 0.6 is 0 Å². The molecule has 0 aromatic heterocycles. The van der Waals surface area contributed by atoms with Crippen LogP contribution in [0.25, 0.3) is 0 Å². The Hall–Kier alpha value is -2.24. The number of rotatable bonds is 4. The molecule has 0 spiro atoms. The molecule has 1 N–H and O–H groups in total. The lowest BCUT2D eigenvalue weighted by atomic mass is 9.79. The van der Waals surface area contributed by atoms with Gasteiger partial charge in [-0.05, 0) is 69.2 Å². The number of carbonyl (C=O) groups is 2. The molecule has 1 amide bonds. The fourth-order valence-corrected chi connectivity index (χ4v) is 4.18. The zero-order valence-electron chi connectivity index (χ0n) is 17.9. The van der Waals surface area contributed by atoms with Gasteiger partial charge in [0.25, 0.3) is 0 Å². The Morgan fingerprint density at radius 3 is 2.41 bits per heavy atom. The van der Waals surface area contributed by atoms with E-state index in [4.69, 9.17) is 9.47 Å². The predicted molar refractivity (Wildman–Crippen MR) is 111 cm³/mol. The van der Waals surface area contributed by atoms with E-state index in [0.29, 0.717) is 24.6 Å². The van der Waals surface area contributed by atoms with E-state index in [2.05, 4.69) is 6.92 Å². The van der Waals surface area contributed by atoms with Crippen molar-refractivity contribution in [1.29, 1.82) is 0 Å². The highest BCUT2D eigenvalue weighted by atomic mass is 16.6. The second-order valence-electron chi connectivity index (χ2n) is 9.47. The molecule has 2 aliphatic rings. The summed E-state index contributed by atoms with van der Waals surface area (Å²) in [6, 6.07) is 5.17. The van der Waals surface area contributed by atoms with Gasteiger partial charge < -0.3 is 19.5 Å². The lowest BCUT2D eigenvalue weighted by molar-refractivity contribution is 0.0275. The van der Waals surface area contributed by atoms with E-state index in [-0.39, 0.29) is 12.2 Å². The molecule has 1 saturated carbocycles. The van der Waals surface area contributed by atoms with Crippen molar-refractivity contribution in [3.05, 3.63) is 29.3 Å². The summed E-state index contributed by atoms with van der Waals surface area (Å²) in [5, 5.41) is 9.41. The topological polar surface area (TPSA) is 76.1 Å². The molecule has 1 atom stereocenters. The number of amides is 1. The second kappa shape index (κ2) is 8.64. The smallest absolute Gasteiger partial charge is 0.410 e. The average Bonchev–Trinajstić information content (AvgIpc) is 3.10. The van der Waals surface area contributed by atoms with Crippen molar-refractivity contribution in [3.63, 3.8) is 0 Å². The molecule has 29 heavy (non-hydrogen) atoms. The Morgan fingerprint density at radius 2 is 1.79 bits per heavy atom. The maximum atomic E-state index is 12.3. The molecule has 1 aliphatic carbocycles. The van der Waals surface area contributed by atoms with E-state index in [1.807, 2.05) is 20.8 Å². The van der Waals surface area contributed by atoms with E-state index in [1.54, 1.807) is 23.1 Å². The lowest BCUT2D eigenvalue weighted by Crippen LogP contribution is -2.36. The number of carboxylic acids is 1. The van der Waals surface area contributed by atoms with Crippen molar-refractivity contribution < 1.29 is 24.2 Å². The number of ether oxygens (including phenoxy) is 2.